The Labute approximate surface area is 94.4 Å². The minimum atomic E-state index is -0.420. The normalized spacial score (nSPS) is 10.3. The van der Waals surface area contributed by atoms with Crippen molar-refractivity contribution in [3.05, 3.63) is 29.0 Å². The molecular formula is C11H15ClFNO. The summed E-state index contributed by atoms with van der Waals surface area (Å²) in [5.41, 5.74) is 0. The van der Waals surface area contributed by atoms with E-state index in [2.05, 4.69) is 12.2 Å². The molecule has 0 saturated heterocycles. The summed E-state index contributed by atoms with van der Waals surface area (Å²) in [5.74, 6) is 0.189. The van der Waals surface area contributed by atoms with Gasteiger partial charge >= 0.3 is 0 Å². The van der Waals surface area contributed by atoms with Crippen LogP contribution >= 0.6 is 11.6 Å². The molecule has 0 aromatic heterocycles. The first kappa shape index (κ1) is 12.3. The second kappa shape index (κ2) is 6.64. The van der Waals surface area contributed by atoms with Gasteiger partial charge in [0.1, 0.15) is 11.6 Å². The average molecular weight is 232 g/mol. The molecule has 1 rings (SSSR count). The fraction of sp³-hybridized carbons (Fsp3) is 0.455. The van der Waals surface area contributed by atoms with Gasteiger partial charge in [0.05, 0.1) is 11.6 Å². The second-order valence-corrected chi connectivity index (χ2v) is 3.54. The van der Waals surface area contributed by atoms with Crippen LogP contribution in [0.25, 0.3) is 0 Å². The molecule has 84 valence electrons. The Hall–Kier alpha value is -0.800. The monoisotopic (exact) mass is 231 g/mol. The highest BCUT2D eigenvalue weighted by atomic mass is 35.5. The minimum absolute atomic E-state index is 0.0965. The lowest BCUT2D eigenvalue weighted by molar-refractivity contribution is 0.308. The molecule has 15 heavy (non-hydrogen) atoms. The fourth-order valence-corrected chi connectivity index (χ4v) is 1.30. The van der Waals surface area contributed by atoms with Gasteiger partial charge in [0.2, 0.25) is 0 Å². The number of halogens is 2. The molecule has 2 nitrogen and oxygen atoms in total. The molecule has 1 aromatic carbocycles. The molecule has 0 heterocycles. The minimum Gasteiger partial charge on any atom is -0.493 e. The van der Waals surface area contributed by atoms with Crippen molar-refractivity contribution in [3.63, 3.8) is 0 Å². The Balaban J connectivity index is 2.28. The number of rotatable bonds is 6. The van der Waals surface area contributed by atoms with E-state index >= 15 is 0 Å². The highest BCUT2D eigenvalue weighted by Crippen LogP contribution is 2.20. The van der Waals surface area contributed by atoms with Crippen LogP contribution in [0.3, 0.4) is 0 Å². The van der Waals surface area contributed by atoms with Crippen molar-refractivity contribution in [1.29, 1.82) is 0 Å². The van der Waals surface area contributed by atoms with Gasteiger partial charge in [0.15, 0.2) is 0 Å². The summed E-state index contributed by atoms with van der Waals surface area (Å²) in [6.07, 6.45) is 0.919. The largest absolute Gasteiger partial charge is 0.493 e. The van der Waals surface area contributed by atoms with E-state index in [0.29, 0.717) is 12.4 Å². The third-order valence-electron chi connectivity index (χ3n) is 1.91. The van der Waals surface area contributed by atoms with Crippen molar-refractivity contribution in [2.24, 2.45) is 0 Å². The van der Waals surface area contributed by atoms with E-state index in [1.165, 1.54) is 12.1 Å². The molecule has 0 bridgehead atoms. The van der Waals surface area contributed by atoms with Crippen LogP contribution in [0.4, 0.5) is 4.39 Å². The zero-order chi connectivity index (χ0) is 11.1. The van der Waals surface area contributed by atoms with Gasteiger partial charge in [-0.2, -0.15) is 0 Å². The van der Waals surface area contributed by atoms with Crippen LogP contribution in [0, 0.1) is 5.82 Å². The van der Waals surface area contributed by atoms with E-state index in [1.54, 1.807) is 6.07 Å². The summed E-state index contributed by atoms with van der Waals surface area (Å²) in [7, 11) is 0. The lowest BCUT2D eigenvalue weighted by Gasteiger charge is -2.06. The maximum Gasteiger partial charge on any atom is 0.142 e. The van der Waals surface area contributed by atoms with E-state index in [-0.39, 0.29) is 5.02 Å². The molecular weight excluding hydrogens is 217 g/mol. The van der Waals surface area contributed by atoms with Crippen LogP contribution in [-0.2, 0) is 0 Å². The molecule has 0 atom stereocenters. The van der Waals surface area contributed by atoms with Crippen molar-refractivity contribution in [2.75, 3.05) is 19.7 Å². The van der Waals surface area contributed by atoms with Crippen molar-refractivity contribution in [3.8, 4) is 5.75 Å². The molecule has 0 amide bonds. The van der Waals surface area contributed by atoms with Gasteiger partial charge in [0, 0.05) is 6.07 Å². The molecule has 0 unspecified atom stereocenters. The van der Waals surface area contributed by atoms with Gasteiger partial charge in [0.25, 0.3) is 0 Å². The molecule has 0 aliphatic carbocycles. The Kier molecular flexibility index (Phi) is 5.43. The Bertz CT molecular complexity index is 307. The molecule has 0 spiro atoms. The van der Waals surface area contributed by atoms with Crippen LogP contribution in [0.1, 0.15) is 13.3 Å². The Morgan fingerprint density at radius 3 is 2.93 bits per heavy atom. The maximum atomic E-state index is 12.8. The molecule has 0 radical (unpaired) electrons. The zero-order valence-electron chi connectivity index (χ0n) is 8.72. The van der Waals surface area contributed by atoms with Gasteiger partial charge in [-0.05, 0) is 31.6 Å². The average Bonchev–Trinajstić information content (AvgIpc) is 2.23. The summed E-state index contributed by atoms with van der Waals surface area (Å²) >= 11 is 5.61. The Morgan fingerprint density at radius 1 is 1.47 bits per heavy atom. The number of nitrogens with one attached hydrogen (secondary N) is 1. The van der Waals surface area contributed by atoms with Gasteiger partial charge in [-0.25, -0.2) is 4.39 Å². The fourth-order valence-electron chi connectivity index (χ4n) is 1.13. The van der Waals surface area contributed by atoms with E-state index in [4.69, 9.17) is 16.3 Å². The molecule has 0 fully saturated rings. The van der Waals surface area contributed by atoms with E-state index < -0.39 is 5.82 Å². The van der Waals surface area contributed by atoms with Crippen molar-refractivity contribution in [2.45, 2.75) is 13.3 Å². The van der Waals surface area contributed by atoms with Gasteiger partial charge in [-0.1, -0.05) is 18.5 Å². The highest BCUT2D eigenvalue weighted by molar-refractivity contribution is 6.30. The number of ether oxygens (including phenoxy) is 1. The van der Waals surface area contributed by atoms with Crippen LogP contribution < -0.4 is 10.1 Å². The Morgan fingerprint density at radius 2 is 2.27 bits per heavy atom. The van der Waals surface area contributed by atoms with Crippen molar-refractivity contribution < 1.29 is 9.13 Å². The second-order valence-electron chi connectivity index (χ2n) is 3.13. The summed E-state index contributed by atoms with van der Waals surface area (Å²) in [6, 6.07) is 4.38. The van der Waals surface area contributed by atoms with Gasteiger partial charge in [-0.15, -0.1) is 0 Å². The van der Waals surface area contributed by atoms with E-state index in [1.807, 2.05) is 0 Å². The molecule has 0 aliphatic rings. The maximum absolute atomic E-state index is 12.8. The van der Waals surface area contributed by atoms with E-state index in [0.717, 1.165) is 19.5 Å². The first-order chi connectivity index (χ1) is 7.24. The molecule has 0 saturated carbocycles. The van der Waals surface area contributed by atoms with Crippen molar-refractivity contribution in [1.82, 2.24) is 5.32 Å². The molecule has 1 aromatic rings. The lowest BCUT2D eigenvalue weighted by atomic mass is 10.3. The molecule has 1 N–H and O–H groups in total. The summed E-state index contributed by atoms with van der Waals surface area (Å²) in [6.45, 7) is 4.55. The van der Waals surface area contributed by atoms with Crippen LogP contribution in [0.15, 0.2) is 18.2 Å². The molecule has 4 heteroatoms. The summed E-state index contributed by atoms with van der Waals surface area (Å²) in [4.78, 5) is 0. The zero-order valence-corrected chi connectivity index (χ0v) is 9.48. The lowest BCUT2D eigenvalue weighted by Crippen LogP contribution is -2.16. The quantitative estimate of drug-likeness (QED) is 0.761. The van der Waals surface area contributed by atoms with E-state index in [9.17, 15) is 4.39 Å². The summed E-state index contributed by atoms with van der Waals surface area (Å²) < 4.78 is 18.2. The molecule has 0 aliphatic heterocycles. The first-order valence-electron chi connectivity index (χ1n) is 5.02. The van der Waals surface area contributed by atoms with Crippen LogP contribution in [0.2, 0.25) is 5.02 Å². The first-order valence-corrected chi connectivity index (χ1v) is 5.40. The highest BCUT2D eigenvalue weighted by Gasteiger charge is 2.00. The smallest absolute Gasteiger partial charge is 0.142 e. The third-order valence-corrected chi connectivity index (χ3v) is 2.20. The topological polar surface area (TPSA) is 21.3 Å². The van der Waals surface area contributed by atoms with Gasteiger partial charge in [-0.3, -0.25) is 0 Å². The van der Waals surface area contributed by atoms with Crippen LogP contribution in [0.5, 0.6) is 5.75 Å². The van der Waals surface area contributed by atoms with Gasteiger partial charge < -0.3 is 10.1 Å². The van der Waals surface area contributed by atoms with Crippen molar-refractivity contribution >= 4 is 11.6 Å². The third kappa shape index (κ3) is 4.49. The predicted molar refractivity (Wildman–Crippen MR) is 60.1 cm³/mol. The SMILES string of the molecule is CCNCCCOc1ccc(F)c(Cl)c1. The van der Waals surface area contributed by atoms with Crippen LogP contribution in [-0.4, -0.2) is 19.7 Å². The summed E-state index contributed by atoms with van der Waals surface area (Å²) in [5, 5.41) is 3.29. The number of hydrogen-bond donors (Lipinski definition) is 1. The number of hydrogen-bond acceptors (Lipinski definition) is 2. The standard InChI is InChI=1S/C11H15ClFNO/c1-2-14-6-3-7-15-9-4-5-11(13)10(12)8-9/h4-5,8,14H,2-3,6-7H2,1H3. The number of benzene rings is 1. The predicted octanol–water partition coefficient (Wildman–Crippen LogP) is 2.86.